The zero-order valence-electron chi connectivity index (χ0n) is 12.9. The van der Waals surface area contributed by atoms with Gasteiger partial charge in [0.05, 0.1) is 7.11 Å². The van der Waals surface area contributed by atoms with Crippen molar-refractivity contribution in [2.24, 2.45) is 5.84 Å². The van der Waals surface area contributed by atoms with Crippen molar-refractivity contribution in [3.63, 3.8) is 0 Å². The Bertz CT molecular complexity index is 581. The van der Waals surface area contributed by atoms with Gasteiger partial charge in [-0.2, -0.15) is 0 Å². The van der Waals surface area contributed by atoms with Crippen LogP contribution in [0.1, 0.15) is 22.3 Å². The monoisotopic (exact) mass is 285 g/mol. The van der Waals surface area contributed by atoms with Crippen LogP contribution in [0.3, 0.4) is 0 Å². The molecule has 4 heteroatoms. The Labute approximate surface area is 126 Å². The molecular weight excluding hydrogens is 262 g/mol. The fourth-order valence-electron chi connectivity index (χ4n) is 2.41. The highest BCUT2D eigenvalue weighted by Gasteiger charge is 2.11. The third-order valence-corrected chi connectivity index (χ3v) is 3.70. The second-order valence-corrected chi connectivity index (χ2v) is 5.41. The van der Waals surface area contributed by atoms with Crippen LogP contribution in [0, 0.1) is 13.8 Å². The fraction of sp³-hybridized carbons (Fsp3) is 0.353. The number of hydrogen-bond donors (Lipinski definition) is 2. The normalized spacial score (nSPS) is 12.2. The third-order valence-electron chi connectivity index (χ3n) is 3.70. The van der Waals surface area contributed by atoms with Crippen molar-refractivity contribution in [1.82, 2.24) is 10.4 Å². The summed E-state index contributed by atoms with van der Waals surface area (Å²) in [5.41, 5.74) is 7.97. The summed E-state index contributed by atoms with van der Waals surface area (Å²) in [5.74, 6) is 6.35. The lowest BCUT2D eigenvalue weighted by Gasteiger charge is -2.17. The Balaban J connectivity index is 2.07. The van der Waals surface area contributed by atoms with Gasteiger partial charge in [0.15, 0.2) is 0 Å². The predicted octanol–water partition coefficient (Wildman–Crippen LogP) is 2.32. The summed E-state index contributed by atoms with van der Waals surface area (Å²) in [6.45, 7) is 4.25. The van der Waals surface area contributed by atoms with Crippen LogP contribution in [-0.4, -0.2) is 18.1 Å². The van der Waals surface area contributed by atoms with Gasteiger partial charge in [0.2, 0.25) is 5.88 Å². The molecule has 0 saturated heterocycles. The minimum absolute atomic E-state index is 0.181. The zero-order chi connectivity index (χ0) is 15.2. The molecule has 2 aromatic rings. The molecular formula is C17H23N3O. The Morgan fingerprint density at radius 1 is 1.19 bits per heavy atom. The number of ether oxygens (including phenoxy) is 1. The number of benzene rings is 1. The van der Waals surface area contributed by atoms with Crippen LogP contribution in [0.2, 0.25) is 0 Å². The molecule has 1 aromatic heterocycles. The largest absolute Gasteiger partial charge is 0.481 e. The second kappa shape index (κ2) is 7.20. The summed E-state index contributed by atoms with van der Waals surface area (Å²) in [6, 6.07) is 10.6. The van der Waals surface area contributed by atoms with Crippen LogP contribution in [-0.2, 0) is 12.8 Å². The van der Waals surface area contributed by atoms with Gasteiger partial charge < -0.3 is 4.74 Å². The molecule has 0 aliphatic heterocycles. The molecule has 0 bridgehead atoms. The molecule has 4 nitrogen and oxygen atoms in total. The summed E-state index contributed by atoms with van der Waals surface area (Å²) >= 11 is 0. The lowest BCUT2D eigenvalue weighted by molar-refractivity contribution is 0.397. The average Bonchev–Trinajstić information content (AvgIpc) is 2.51. The number of nitrogens with two attached hydrogens (primary N) is 1. The van der Waals surface area contributed by atoms with E-state index in [2.05, 4.69) is 42.5 Å². The molecule has 0 fully saturated rings. The lowest BCUT2D eigenvalue weighted by atomic mass is 9.96. The highest BCUT2D eigenvalue weighted by atomic mass is 16.5. The maximum atomic E-state index is 5.72. The third kappa shape index (κ3) is 4.28. The molecule has 0 spiro atoms. The van der Waals surface area contributed by atoms with Gasteiger partial charge in [-0.05, 0) is 43.4 Å². The van der Waals surface area contributed by atoms with Gasteiger partial charge in [-0.1, -0.05) is 29.8 Å². The Morgan fingerprint density at radius 3 is 2.62 bits per heavy atom. The maximum Gasteiger partial charge on any atom is 0.212 e. The van der Waals surface area contributed by atoms with E-state index in [9.17, 15) is 0 Å². The first-order chi connectivity index (χ1) is 10.1. The molecule has 1 atom stereocenters. The maximum absolute atomic E-state index is 5.72. The Hall–Kier alpha value is -1.91. The molecule has 2 rings (SSSR count). The van der Waals surface area contributed by atoms with Crippen molar-refractivity contribution >= 4 is 0 Å². The number of hydrogen-bond acceptors (Lipinski definition) is 4. The van der Waals surface area contributed by atoms with Crippen molar-refractivity contribution < 1.29 is 4.74 Å². The van der Waals surface area contributed by atoms with Crippen molar-refractivity contribution in [3.05, 3.63) is 58.8 Å². The molecule has 0 aliphatic carbocycles. The molecule has 1 heterocycles. The van der Waals surface area contributed by atoms with Crippen LogP contribution in [0.4, 0.5) is 0 Å². The molecule has 0 radical (unpaired) electrons. The van der Waals surface area contributed by atoms with E-state index in [0.717, 1.165) is 18.4 Å². The van der Waals surface area contributed by atoms with Gasteiger partial charge in [0, 0.05) is 18.3 Å². The first-order valence-electron chi connectivity index (χ1n) is 7.13. The molecule has 0 saturated carbocycles. The Morgan fingerprint density at radius 2 is 2.00 bits per heavy atom. The molecule has 112 valence electrons. The number of aromatic nitrogens is 1. The van der Waals surface area contributed by atoms with Crippen LogP contribution >= 0.6 is 0 Å². The van der Waals surface area contributed by atoms with Crippen LogP contribution in [0.25, 0.3) is 0 Å². The van der Waals surface area contributed by atoms with E-state index in [1.807, 2.05) is 18.3 Å². The summed E-state index contributed by atoms with van der Waals surface area (Å²) < 4.78 is 5.07. The van der Waals surface area contributed by atoms with E-state index in [1.54, 1.807) is 7.11 Å². The summed E-state index contributed by atoms with van der Waals surface area (Å²) in [6.07, 6.45) is 3.57. The van der Waals surface area contributed by atoms with E-state index in [0.29, 0.717) is 5.88 Å². The molecule has 3 N–H and O–H groups in total. The van der Waals surface area contributed by atoms with Gasteiger partial charge >= 0.3 is 0 Å². The number of aryl methyl sites for hydroxylation is 2. The first-order valence-corrected chi connectivity index (χ1v) is 7.13. The number of pyridine rings is 1. The van der Waals surface area contributed by atoms with Crippen LogP contribution < -0.4 is 16.0 Å². The van der Waals surface area contributed by atoms with Gasteiger partial charge in [-0.15, -0.1) is 0 Å². The molecule has 0 amide bonds. The predicted molar refractivity (Wildman–Crippen MR) is 85.2 cm³/mol. The molecule has 21 heavy (non-hydrogen) atoms. The van der Waals surface area contributed by atoms with Crippen LogP contribution in [0.5, 0.6) is 5.88 Å². The smallest absolute Gasteiger partial charge is 0.212 e. The van der Waals surface area contributed by atoms with E-state index in [1.165, 1.54) is 16.7 Å². The molecule has 1 aromatic carbocycles. The van der Waals surface area contributed by atoms with Gasteiger partial charge in [-0.3, -0.25) is 11.3 Å². The number of hydrazine groups is 1. The van der Waals surface area contributed by atoms with Gasteiger partial charge in [0.1, 0.15) is 0 Å². The van der Waals surface area contributed by atoms with E-state index in [4.69, 9.17) is 10.6 Å². The fourth-order valence-corrected chi connectivity index (χ4v) is 2.41. The van der Waals surface area contributed by atoms with Crippen molar-refractivity contribution in [3.8, 4) is 5.88 Å². The first kappa shape index (κ1) is 15.5. The SMILES string of the molecule is COc1ccc(CC(Cc2cc(C)ccc2C)NN)cn1. The number of methoxy groups -OCH3 is 1. The molecule has 1 unspecified atom stereocenters. The highest BCUT2D eigenvalue weighted by molar-refractivity contribution is 5.31. The minimum Gasteiger partial charge on any atom is -0.481 e. The summed E-state index contributed by atoms with van der Waals surface area (Å²) in [4.78, 5) is 4.23. The lowest BCUT2D eigenvalue weighted by Crippen LogP contribution is -2.38. The highest BCUT2D eigenvalue weighted by Crippen LogP contribution is 2.15. The average molecular weight is 285 g/mol. The van der Waals surface area contributed by atoms with Gasteiger partial charge in [0.25, 0.3) is 0 Å². The summed E-state index contributed by atoms with van der Waals surface area (Å²) in [7, 11) is 1.62. The van der Waals surface area contributed by atoms with Crippen molar-refractivity contribution in [1.29, 1.82) is 0 Å². The van der Waals surface area contributed by atoms with Crippen LogP contribution in [0.15, 0.2) is 36.5 Å². The van der Waals surface area contributed by atoms with E-state index in [-0.39, 0.29) is 6.04 Å². The Kier molecular flexibility index (Phi) is 5.31. The van der Waals surface area contributed by atoms with E-state index < -0.39 is 0 Å². The van der Waals surface area contributed by atoms with Crippen molar-refractivity contribution in [2.75, 3.05) is 7.11 Å². The zero-order valence-corrected chi connectivity index (χ0v) is 12.9. The molecule has 0 aliphatic rings. The number of nitrogens with one attached hydrogen (secondary N) is 1. The van der Waals surface area contributed by atoms with Gasteiger partial charge in [-0.25, -0.2) is 4.98 Å². The number of nitrogens with zero attached hydrogens (tertiary/aromatic N) is 1. The number of rotatable bonds is 6. The van der Waals surface area contributed by atoms with E-state index >= 15 is 0 Å². The van der Waals surface area contributed by atoms with Crippen molar-refractivity contribution in [2.45, 2.75) is 32.7 Å². The standard InChI is InChI=1S/C17H23N3O/c1-12-4-5-13(2)15(8-12)10-16(20-18)9-14-6-7-17(21-3)19-11-14/h4-8,11,16,20H,9-10,18H2,1-3H3. The minimum atomic E-state index is 0.181. The topological polar surface area (TPSA) is 60.2 Å². The summed E-state index contributed by atoms with van der Waals surface area (Å²) in [5, 5.41) is 0. The second-order valence-electron chi connectivity index (χ2n) is 5.41. The quantitative estimate of drug-likeness (QED) is 0.631.